The molecule has 1 heterocycles. The lowest BCUT2D eigenvalue weighted by Crippen LogP contribution is -2.46. The molecule has 1 saturated carbocycles. The molecule has 3 nitrogen and oxygen atoms in total. The maximum absolute atomic E-state index is 13.0. The van der Waals surface area contributed by atoms with E-state index in [1.54, 1.807) is 12.1 Å². The number of nitrogens with zero attached hydrogens (tertiary/aromatic N) is 1. The Bertz CT molecular complexity index is 547. The fourth-order valence-electron chi connectivity index (χ4n) is 3.95. The third-order valence-electron chi connectivity index (χ3n) is 5.12. The van der Waals surface area contributed by atoms with E-state index in [2.05, 4.69) is 15.0 Å². The van der Waals surface area contributed by atoms with Crippen LogP contribution in [-0.2, 0) is 0 Å². The molecule has 1 aliphatic carbocycles. The van der Waals surface area contributed by atoms with Crippen molar-refractivity contribution in [1.29, 1.82) is 0 Å². The Morgan fingerprint density at radius 3 is 2.15 bits per heavy atom. The minimum absolute atomic E-state index is 0. The summed E-state index contributed by atoms with van der Waals surface area (Å²) in [7, 11) is 0. The first-order valence-electron chi connectivity index (χ1n) is 8.87. The highest BCUT2D eigenvalue weighted by Crippen LogP contribution is 2.40. The van der Waals surface area contributed by atoms with Crippen LogP contribution in [0.5, 0.6) is 5.75 Å². The van der Waals surface area contributed by atoms with Crippen molar-refractivity contribution in [2.45, 2.75) is 44.3 Å². The molecule has 148 valence electrons. The summed E-state index contributed by atoms with van der Waals surface area (Å²) in [6.07, 6.45) is -3.55. The van der Waals surface area contributed by atoms with Gasteiger partial charge in [0.1, 0.15) is 5.75 Å². The smallest absolute Gasteiger partial charge is 0.428 e. The van der Waals surface area contributed by atoms with Crippen molar-refractivity contribution in [1.82, 2.24) is 10.2 Å². The van der Waals surface area contributed by atoms with Crippen LogP contribution < -0.4 is 10.1 Å². The van der Waals surface area contributed by atoms with Gasteiger partial charge in [-0.2, -0.15) is 17.6 Å². The van der Waals surface area contributed by atoms with Gasteiger partial charge in [-0.25, -0.2) is 0 Å². The third-order valence-corrected chi connectivity index (χ3v) is 5.12. The van der Waals surface area contributed by atoms with Gasteiger partial charge in [-0.15, -0.1) is 12.4 Å². The monoisotopic (exact) mass is 396 g/mol. The first-order valence-corrected chi connectivity index (χ1v) is 8.87. The molecule has 0 bridgehead atoms. The van der Waals surface area contributed by atoms with Gasteiger partial charge in [-0.05, 0) is 36.5 Å². The minimum atomic E-state index is -4.47. The van der Waals surface area contributed by atoms with E-state index in [9.17, 15) is 17.6 Å². The zero-order valence-corrected chi connectivity index (χ0v) is 15.3. The Morgan fingerprint density at radius 2 is 1.62 bits per heavy atom. The van der Waals surface area contributed by atoms with E-state index in [-0.39, 0.29) is 24.2 Å². The van der Waals surface area contributed by atoms with Crippen molar-refractivity contribution in [3.8, 4) is 5.75 Å². The van der Waals surface area contributed by atoms with Crippen LogP contribution in [0.25, 0.3) is 0 Å². The summed E-state index contributed by atoms with van der Waals surface area (Å²) in [6, 6.07) is 6.46. The highest BCUT2D eigenvalue weighted by molar-refractivity contribution is 5.85. The average Bonchev–Trinajstić information content (AvgIpc) is 3.11. The molecule has 1 N–H and O–H groups in total. The van der Waals surface area contributed by atoms with Crippen LogP contribution >= 0.6 is 12.4 Å². The number of rotatable bonds is 6. The number of hydrogen-bond donors (Lipinski definition) is 1. The number of piperazine rings is 1. The Morgan fingerprint density at radius 1 is 1.04 bits per heavy atom. The van der Waals surface area contributed by atoms with E-state index in [1.807, 2.05) is 0 Å². The number of nitrogens with one attached hydrogen (secondary N) is 1. The second kappa shape index (κ2) is 9.24. The van der Waals surface area contributed by atoms with E-state index in [4.69, 9.17) is 0 Å². The van der Waals surface area contributed by atoms with Gasteiger partial charge in [0.2, 0.25) is 0 Å². The number of benzene rings is 1. The van der Waals surface area contributed by atoms with Crippen molar-refractivity contribution >= 4 is 12.4 Å². The molecule has 1 atom stereocenters. The molecule has 1 saturated heterocycles. The number of hydrogen-bond acceptors (Lipinski definition) is 3. The van der Waals surface area contributed by atoms with E-state index in [1.165, 1.54) is 25.0 Å². The molecule has 0 spiro atoms. The van der Waals surface area contributed by atoms with E-state index in [0.717, 1.165) is 44.6 Å². The van der Waals surface area contributed by atoms with Crippen LogP contribution in [0.4, 0.5) is 17.6 Å². The lowest BCUT2D eigenvalue weighted by atomic mass is 9.89. The average molecular weight is 397 g/mol. The van der Waals surface area contributed by atoms with Gasteiger partial charge in [0, 0.05) is 32.2 Å². The molecule has 8 heteroatoms. The summed E-state index contributed by atoms with van der Waals surface area (Å²) < 4.78 is 54.8. The molecular formula is C18H25ClF4N2O. The molecular weight excluding hydrogens is 372 g/mol. The van der Waals surface area contributed by atoms with Gasteiger partial charge in [0.15, 0.2) is 0 Å². The van der Waals surface area contributed by atoms with E-state index >= 15 is 0 Å². The second-order valence-corrected chi connectivity index (χ2v) is 6.81. The second-order valence-electron chi connectivity index (χ2n) is 6.81. The minimum Gasteiger partial charge on any atom is -0.428 e. The van der Waals surface area contributed by atoms with Crippen LogP contribution in [0.1, 0.15) is 37.3 Å². The zero-order chi connectivity index (χ0) is 17.9. The van der Waals surface area contributed by atoms with Gasteiger partial charge in [-0.1, -0.05) is 25.0 Å². The van der Waals surface area contributed by atoms with Crippen molar-refractivity contribution < 1.29 is 22.3 Å². The molecule has 3 rings (SSSR count). The van der Waals surface area contributed by atoms with Crippen molar-refractivity contribution in [2.75, 3.05) is 26.2 Å². The first kappa shape index (κ1) is 21.3. The summed E-state index contributed by atoms with van der Waals surface area (Å²) in [6.45, 7) is 3.77. The Kier molecular flexibility index (Phi) is 7.55. The number of ether oxygens (including phenoxy) is 1. The lowest BCUT2D eigenvalue weighted by molar-refractivity contribution is -0.253. The normalized spacial score (nSPS) is 20.8. The third kappa shape index (κ3) is 5.02. The molecule has 0 unspecified atom stereocenters. The summed E-state index contributed by atoms with van der Waals surface area (Å²) in [5.41, 5.74) is 1.04. The van der Waals surface area contributed by atoms with Gasteiger partial charge in [-0.3, -0.25) is 4.90 Å². The maximum Gasteiger partial charge on any atom is 0.461 e. The molecule has 0 amide bonds. The van der Waals surface area contributed by atoms with Gasteiger partial charge < -0.3 is 10.1 Å². The lowest BCUT2D eigenvalue weighted by Gasteiger charge is -2.38. The fraction of sp³-hybridized carbons (Fsp3) is 0.667. The highest BCUT2D eigenvalue weighted by Gasteiger charge is 2.44. The van der Waals surface area contributed by atoms with Crippen LogP contribution in [0.3, 0.4) is 0 Å². The van der Waals surface area contributed by atoms with Crippen molar-refractivity contribution in [2.24, 2.45) is 5.92 Å². The Labute approximate surface area is 157 Å². The summed E-state index contributed by atoms with van der Waals surface area (Å²) in [5, 5.41) is 3.34. The Hall–Kier alpha value is -1.05. The van der Waals surface area contributed by atoms with Crippen LogP contribution in [0, 0.1) is 5.92 Å². The standard InChI is InChI=1S/C18H24F4N2O.ClH/c19-17(20)18(21,22)25-15-7-5-14(6-8-15)16(13-3-1-2-4-13)24-11-9-23-10-12-24;/h5-8,13,16-17,23H,1-4,9-12H2;1H/t16-;/m0./s1. The zero-order valence-electron chi connectivity index (χ0n) is 14.5. The van der Waals surface area contributed by atoms with Crippen LogP contribution in [-0.4, -0.2) is 43.6 Å². The number of alkyl halides is 4. The molecule has 1 aromatic rings. The van der Waals surface area contributed by atoms with Crippen LogP contribution in [0.15, 0.2) is 24.3 Å². The van der Waals surface area contributed by atoms with Crippen molar-refractivity contribution in [3.05, 3.63) is 29.8 Å². The molecule has 1 aromatic carbocycles. The quantitative estimate of drug-likeness (QED) is 0.717. The predicted octanol–water partition coefficient (Wildman–Crippen LogP) is 4.48. The van der Waals surface area contributed by atoms with Gasteiger partial charge >= 0.3 is 12.5 Å². The Balaban J connectivity index is 0.00000243. The maximum atomic E-state index is 13.0. The topological polar surface area (TPSA) is 24.5 Å². The van der Waals surface area contributed by atoms with Crippen molar-refractivity contribution in [3.63, 3.8) is 0 Å². The summed E-state index contributed by atoms with van der Waals surface area (Å²) in [5.74, 6) is 0.312. The SMILES string of the molecule is Cl.FC(F)C(F)(F)Oc1ccc([C@H](C2CCCC2)N2CCNCC2)cc1. The molecule has 2 fully saturated rings. The molecule has 2 aliphatic rings. The van der Waals surface area contributed by atoms with Gasteiger partial charge in [0.25, 0.3) is 0 Å². The van der Waals surface area contributed by atoms with E-state index < -0.39 is 12.5 Å². The van der Waals surface area contributed by atoms with E-state index in [0.29, 0.717) is 5.92 Å². The first-order chi connectivity index (χ1) is 12.0. The fourth-order valence-corrected chi connectivity index (χ4v) is 3.95. The van der Waals surface area contributed by atoms with Gasteiger partial charge in [0.05, 0.1) is 0 Å². The number of halogens is 5. The molecule has 0 radical (unpaired) electrons. The molecule has 26 heavy (non-hydrogen) atoms. The largest absolute Gasteiger partial charge is 0.461 e. The highest BCUT2D eigenvalue weighted by atomic mass is 35.5. The summed E-state index contributed by atoms with van der Waals surface area (Å²) >= 11 is 0. The molecule has 0 aromatic heterocycles. The molecule has 1 aliphatic heterocycles. The summed E-state index contributed by atoms with van der Waals surface area (Å²) in [4.78, 5) is 2.44. The van der Waals surface area contributed by atoms with Crippen LogP contribution in [0.2, 0.25) is 0 Å². The predicted molar refractivity (Wildman–Crippen MR) is 94.4 cm³/mol.